The van der Waals surface area contributed by atoms with E-state index < -0.39 is 45.1 Å². The molecule has 0 unspecified atom stereocenters. The molecule has 164 valence electrons. The zero-order chi connectivity index (χ0) is 23.0. The molecular weight excluding hydrogens is 440 g/mol. The summed E-state index contributed by atoms with van der Waals surface area (Å²) in [4.78, 5) is 12.1. The van der Waals surface area contributed by atoms with Gasteiger partial charge in [0.15, 0.2) is 5.69 Å². The summed E-state index contributed by atoms with van der Waals surface area (Å²) in [6.07, 6.45) is -4.88. The van der Waals surface area contributed by atoms with Gasteiger partial charge in [0.25, 0.3) is 10.0 Å². The lowest BCUT2D eigenvalue weighted by atomic mass is 10.0. The number of benzene rings is 2. The van der Waals surface area contributed by atoms with Crippen LogP contribution in [0.1, 0.15) is 11.3 Å². The molecule has 1 heterocycles. The van der Waals surface area contributed by atoms with Crippen molar-refractivity contribution in [2.45, 2.75) is 18.0 Å². The largest absolute Gasteiger partial charge is 0.435 e. The minimum atomic E-state index is -4.88. The molecule has 31 heavy (non-hydrogen) atoms. The van der Waals surface area contributed by atoms with Gasteiger partial charge in [0, 0.05) is 7.05 Å². The average Bonchev–Trinajstić information content (AvgIpc) is 2.99. The molecule has 2 aromatic carbocycles. The summed E-state index contributed by atoms with van der Waals surface area (Å²) < 4.78 is 81.0. The number of carbonyl (C=O) groups is 1. The van der Waals surface area contributed by atoms with Crippen molar-refractivity contribution in [1.82, 2.24) is 14.5 Å². The van der Waals surface area contributed by atoms with Crippen LogP contribution < -0.4 is 10.0 Å². The maximum Gasteiger partial charge on any atom is 0.435 e. The molecule has 0 radical (unpaired) electrons. The van der Waals surface area contributed by atoms with E-state index in [1.807, 2.05) is 0 Å². The lowest BCUT2D eigenvalue weighted by Crippen LogP contribution is -2.35. The predicted molar refractivity (Wildman–Crippen MR) is 104 cm³/mol. The Labute approximate surface area is 174 Å². The van der Waals surface area contributed by atoms with Crippen LogP contribution in [0.4, 0.5) is 28.2 Å². The van der Waals surface area contributed by atoms with Crippen molar-refractivity contribution in [3.63, 3.8) is 0 Å². The van der Waals surface area contributed by atoms with E-state index >= 15 is 0 Å². The number of hydrogen-bond donors (Lipinski definition) is 2. The molecule has 1 aromatic heterocycles. The van der Waals surface area contributed by atoms with Crippen LogP contribution in [-0.4, -0.2) is 24.2 Å². The average molecular weight is 456 g/mol. The smallest absolute Gasteiger partial charge is 0.291 e. The van der Waals surface area contributed by atoms with Crippen molar-refractivity contribution >= 4 is 21.9 Å². The Hall–Kier alpha value is -3.41. The fourth-order valence-corrected chi connectivity index (χ4v) is 3.69. The molecule has 0 saturated heterocycles. The number of amides is 2. The molecule has 0 fully saturated rings. The Kier molecular flexibility index (Phi) is 5.77. The second-order valence-corrected chi connectivity index (χ2v) is 8.26. The monoisotopic (exact) mass is 456 g/mol. The number of aromatic nitrogens is 2. The highest BCUT2D eigenvalue weighted by Crippen LogP contribution is 2.40. The first-order valence-electron chi connectivity index (χ1n) is 8.69. The SMILES string of the molecule is Cc1ccc(S(=O)(=O)NC(=O)Nc2c(-c3ccc(F)cc3)c(C(F)(F)F)nn2C)cc1. The molecule has 0 aliphatic carbocycles. The lowest BCUT2D eigenvalue weighted by Gasteiger charge is -2.12. The summed E-state index contributed by atoms with van der Waals surface area (Å²) in [7, 11) is -3.13. The normalized spacial score (nSPS) is 11.9. The van der Waals surface area contributed by atoms with Gasteiger partial charge in [0.2, 0.25) is 0 Å². The third-order valence-electron chi connectivity index (χ3n) is 4.24. The number of urea groups is 1. The topological polar surface area (TPSA) is 93.1 Å². The number of sulfonamides is 1. The number of carbonyl (C=O) groups excluding carboxylic acids is 1. The number of aryl methyl sites for hydroxylation is 2. The van der Waals surface area contributed by atoms with Gasteiger partial charge in [-0.3, -0.25) is 10.00 Å². The van der Waals surface area contributed by atoms with Crippen molar-refractivity contribution < 1.29 is 30.8 Å². The molecule has 0 saturated carbocycles. The summed E-state index contributed by atoms with van der Waals surface area (Å²) in [5, 5.41) is 5.50. The standard InChI is InChI=1S/C19H16F4N4O3S/c1-11-3-9-14(10-4-11)31(29,30)26-18(28)24-17-15(12-5-7-13(20)8-6-12)16(19(21,22)23)25-27(17)2/h3-10H,1-2H3,(H2,24,26,28). The van der Waals surface area contributed by atoms with E-state index in [0.717, 1.165) is 41.6 Å². The Morgan fingerprint density at radius 2 is 1.61 bits per heavy atom. The number of rotatable bonds is 4. The van der Waals surface area contributed by atoms with Crippen LogP contribution in [-0.2, 0) is 23.2 Å². The highest BCUT2D eigenvalue weighted by Gasteiger charge is 2.40. The number of halogens is 4. The molecule has 0 atom stereocenters. The molecule has 0 spiro atoms. The molecular formula is C19H16F4N4O3S. The van der Waals surface area contributed by atoms with Crippen LogP contribution in [0.25, 0.3) is 11.1 Å². The van der Waals surface area contributed by atoms with Gasteiger partial charge in [-0.05, 0) is 36.8 Å². The molecule has 0 aliphatic rings. The number of nitrogens with zero attached hydrogens (tertiary/aromatic N) is 2. The second-order valence-electron chi connectivity index (χ2n) is 6.57. The molecule has 0 bridgehead atoms. The number of alkyl halides is 3. The zero-order valence-corrected chi connectivity index (χ0v) is 17.0. The lowest BCUT2D eigenvalue weighted by molar-refractivity contribution is -0.140. The summed E-state index contributed by atoms with van der Waals surface area (Å²) >= 11 is 0. The quantitative estimate of drug-likeness (QED) is 0.579. The summed E-state index contributed by atoms with van der Waals surface area (Å²) in [6, 6.07) is 8.40. The second kappa shape index (κ2) is 8.02. The van der Waals surface area contributed by atoms with E-state index in [1.54, 1.807) is 11.6 Å². The minimum Gasteiger partial charge on any atom is -0.291 e. The predicted octanol–water partition coefficient (Wildman–Crippen LogP) is 4.06. The summed E-state index contributed by atoms with van der Waals surface area (Å²) in [5.41, 5.74) is -1.13. The summed E-state index contributed by atoms with van der Waals surface area (Å²) in [5.74, 6) is -1.09. The van der Waals surface area contributed by atoms with Crippen molar-refractivity contribution in [2.24, 2.45) is 7.05 Å². The highest BCUT2D eigenvalue weighted by molar-refractivity contribution is 7.90. The van der Waals surface area contributed by atoms with E-state index in [9.17, 15) is 30.8 Å². The van der Waals surface area contributed by atoms with Crippen LogP contribution in [0.3, 0.4) is 0 Å². The number of hydrogen-bond acceptors (Lipinski definition) is 4. The molecule has 7 nitrogen and oxygen atoms in total. The van der Waals surface area contributed by atoms with Crippen LogP contribution in [0.2, 0.25) is 0 Å². The third-order valence-corrected chi connectivity index (χ3v) is 5.59. The Morgan fingerprint density at radius 1 is 1.03 bits per heavy atom. The Bertz CT molecular complexity index is 1220. The van der Waals surface area contributed by atoms with Gasteiger partial charge in [0.1, 0.15) is 11.6 Å². The van der Waals surface area contributed by atoms with E-state index in [2.05, 4.69) is 10.4 Å². The van der Waals surface area contributed by atoms with Gasteiger partial charge in [-0.15, -0.1) is 0 Å². The molecule has 0 aliphatic heterocycles. The molecule has 3 rings (SSSR count). The van der Waals surface area contributed by atoms with Gasteiger partial charge in [-0.25, -0.2) is 22.3 Å². The van der Waals surface area contributed by atoms with E-state index in [0.29, 0.717) is 0 Å². The van der Waals surface area contributed by atoms with Gasteiger partial charge >= 0.3 is 12.2 Å². The van der Waals surface area contributed by atoms with Crippen molar-refractivity contribution in [2.75, 3.05) is 5.32 Å². The Balaban J connectivity index is 1.97. The van der Waals surface area contributed by atoms with Crippen LogP contribution in [0, 0.1) is 12.7 Å². The Morgan fingerprint density at radius 3 is 2.16 bits per heavy atom. The van der Waals surface area contributed by atoms with Crippen LogP contribution >= 0.6 is 0 Å². The first kappa shape index (κ1) is 22.3. The van der Waals surface area contributed by atoms with Gasteiger partial charge in [-0.2, -0.15) is 18.3 Å². The van der Waals surface area contributed by atoms with Gasteiger partial charge < -0.3 is 0 Å². The fraction of sp³-hybridized carbons (Fsp3) is 0.158. The van der Waals surface area contributed by atoms with E-state index in [-0.39, 0.29) is 10.5 Å². The zero-order valence-electron chi connectivity index (χ0n) is 16.2. The van der Waals surface area contributed by atoms with Gasteiger partial charge in [0.05, 0.1) is 10.5 Å². The van der Waals surface area contributed by atoms with Crippen molar-refractivity contribution in [3.8, 4) is 11.1 Å². The van der Waals surface area contributed by atoms with E-state index in [4.69, 9.17) is 0 Å². The minimum absolute atomic E-state index is 0.0708. The molecule has 3 aromatic rings. The molecule has 2 amide bonds. The summed E-state index contributed by atoms with van der Waals surface area (Å²) in [6.45, 7) is 1.74. The first-order chi connectivity index (χ1) is 14.4. The number of anilines is 1. The van der Waals surface area contributed by atoms with Crippen molar-refractivity contribution in [3.05, 3.63) is 65.6 Å². The van der Waals surface area contributed by atoms with E-state index in [1.165, 1.54) is 24.3 Å². The first-order valence-corrected chi connectivity index (χ1v) is 10.2. The molecule has 2 N–H and O–H groups in total. The maximum absolute atomic E-state index is 13.5. The highest BCUT2D eigenvalue weighted by atomic mass is 32.2. The molecule has 12 heteroatoms. The number of nitrogens with one attached hydrogen (secondary N) is 2. The van der Waals surface area contributed by atoms with Gasteiger partial charge in [-0.1, -0.05) is 29.8 Å². The van der Waals surface area contributed by atoms with Crippen LogP contribution in [0.5, 0.6) is 0 Å². The maximum atomic E-state index is 13.5. The third kappa shape index (κ3) is 4.85. The van der Waals surface area contributed by atoms with Crippen LogP contribution in [0.15, 0.2) is 53.4 Å². The van der Waals surface area contributed by atoms with Crippen molar-refractivity contribution in [1.29, 1.82) is 0 Å². The fourth-order valence-electron chi connectivity index (χ4n) is 2.79.